The Morgan fingerprint density at radius 1 is 1.30 bits per heavy atom. The molecule has 1 fully saturated rings. The minimum atomic E-state index is 0.482. The number of likely N-dealkylation sites (N-methyl/N-ethyl adjacent to an activating group) is 1. The molecule has 152 valence electrons. The van der Waals surface area contributed by atoms with Crippen molar-refractivity contribution in [1.82, 2.24) is 15.5 Å². The minimum Gasteiger partial charge on any atom is -0.493 e. The van der Waals surface area contributed by atoms with Crippen LogP contribution in [0.4, 0.5) is 0 Å². The predicted molar refractivity (Wildman–Crippen MR) is 112 cm³/mol. The number of methoxy groups -OCH3 is 1. The van der Waals surface area contributed by atoms with Crippen LogP contribution in [-0.2, 0) is 11.3 Å². The smallest absolute Gasteiger partial charge is 0.191 e. The molecular weight excluding hydrogens is 340 g/mol. The summed E-state index contributed by atoms with van der Waals surface area (Å²) in [5.74, 6) is 1.74. The fourth-order valence-electron chi connectivity index (χ4n) is 2.96. The highest BCUT2D eigenvalue weighted by Crippen LogP contribution is 2.26. The highest BCUT2D eigenvalue weighted by Gasteiger charge is 2.28. The molecule has 0 spiro atoms. The number of benzene rings is 1. The zero-order chi connectivity index (χ0) is 19.6. The second-order valence-corrected chi connectivity index (χ2v) is 7.36. The fraction of sp³-hybridized carbons (Fsp3) is 0.667. The molecule has 1 aromatic rings. The fourth-order valence-corrected chi connectivity index (χ4v) is 2.96. The van der Waals surface area contributed by atoms with E-state index in [-0.39, 0.29) is 0 Å². The van der Waals surface area contributed by atoms with Gasteiger partial charge in [0.05, 0.1) is 6.61 Å². The van der Waals surface area contributed by atoms with Crippen molar-refractivity contribution in [1.29, 1.82) is 0 Å². The predicted octanol–water partition coefficient (Wildman–Crippen LogP) is 2.56. The van der Waals surface area contributed by atoms with Gasteiger partial charge in [-0.05, 0) is 45.4 Å². The van der Waals surface area contributed by atoms with Crippen LogP contribution in [0, 0.1) is 6.92 Å². The summed E-state index contributed by atoms with van der Waals surface area (Å²) >= 11 is 0. The van der Waals surface area contributed by atoms with Crippen molar-refractivity contribution >= 4 is 5.96 Å². The first-order chi connectivity index (χ1) is 13.0. The maximum atomic E-state index is 5.96. The van der Waals surface area contributed by atoms with Gasteiger partial charge >= 0.3 is 0 Å². The van der Waals surface area contributed by atoms with Crippen molar-refractivity contribution in [2.75, 3.05) is 41.0 Å². The lowest BCUT2D eigenvalue weighted by Crippen LogP contribution is -2.45. The van der Waals surface area contributed by atoms with Crippen LogP contribution in [0.5, 0.6) is 5.75 Å². The molecule has 2 N–H and O–H groups in total. The number of guanidine groups is 1. The molecule has 0 amide bonds. The van der Waals surface area contributed by atoms with Crippen molar-refractivity contribution in [2.45, 2.75) is 51.7 Å². The van der Waals surface area contributed by atoms with E-state index in [0.717, 1.165) is 36.3 Å². The Kier molecular flexibility index (Phi) is 8.88. The summed E-state index contributed by atoms with van der Waals surface area (Å²) in [7, 11) is 5.73. The molecule has 0 heterocycles. The minimum absolute atomic E-state index is 0.482. The monoisotopic (exact) mass is 376 g/mol. The maximum absolute atomic E-state index is 5.96. The number of nitrogens with one attached hydrogen (secondary N) is 2. The van der Waals surface area contributed by atoms with Gasteiger partial charge in [0, 0.05) is 57.9 Å². The van der Waals surface area contributed by atoms with Crippen molar-refractivity contribution < 1.29 is 9.47 Å². The molecule has 6 heteroatoms. The van der Waals surface area contributed by atoms with E-state index in [1.54, 1.807) is 7.11 Å². The van der Waals surface area contributed by atoms with Crippen LogP contribution in [0.15, 0.2) is 23.2 Å². The molecule has 0 saturated heterocycles. The van der Waals surface area contributed by atoms with Gasteiger partial charge in [0.25, 0.3) is 0 Å². The van der Waals surface area contributed by atoms with Gasteiger partial charge in [-0.2, -0.15) is 0 Å². The third kappa shape index (κ3) is 7.39. The number of rotatable bonds is 11. The number of ether oxygens (including phenoxy) is 2. The first-order valence-corrected chi connectivity index (χ1v) is 9.92. The first kappa shape index (κ1) is 21.5. The van der Waals surface area contributed by atoms with Gasteiger partial charge in [-0.3, -0.25) is 9.89 Å². The molecule has 0 aliphatic heterocycles. The van der Waals surface area contributed by atoms with E-state index in [2.05, 4.69) is 59.6 Å². The third-order valence-corrected chi connectivity index (χ3v) is 5.03. The zero-order valence-corrected chi connectivity index (χ0v) is 17.5. The SMILES string of the molecule is CN=C(NCc1ccc(C)cc1OCCCOC)NCC(C)N(C)C1CC1. The Hall–Kier alpha value is -1.79. The second kappa shape index (κ2) is 11.1. The van der Waals surface area contributed by atoms with E-state index < -0.39 is 0 Å². The van der Waals surface area contributed by atoms with Gasteiger partial charge in [0.1, 0.15) is 5.75 Å². The van der Waals surface area contributed by atoms with Crippen molar-refractivity contribution in [3.63, 3.8) is 0 Å². The Labute approximate surface area is 164 Å². The molecule has 0 bridgehead atoms. The number of hydrogen-bond donors (Lipinski definition) is 2. The lowest BCUT2D eigenvalue weighted by Gasteiger charge is -2.25. The van der Waals surface area contributed by atoms with Gasteiger partial charge < -0.3 is 20.1 Å². The number of hydrogen-bond acceptors (Lipinski definition) is 4. The van der Waals surface area contributed by atoms with Crippen molar-refractivity contribution in [2.24, 2.45) is 4.99 Å². The maximum Gasteiger partial charge on any atom is 0.191 e. The molecule has 1 aliphatic rings. The van der Waals surface area contributed by atoms with Gasteiger partial charge in [0.2, 0.25) is 0 Å². The summed E-state index contributed by atoms with van der Waals surface area (Å²) in [6.07, 6.45) is 3.54. The number of aliphatic imine (C=N–C) groups is 1. The van der Waals surface area contributed by atoms with Crippen LogP contribution >= 0.6 is 0 Å². The molecule has 1 aromatic carbocycles. The van der Waals surface area contributed by atoms with Crippen LogP contribution < -0.4 is 15.4 Å². The quantitative estimate of drug-likeness (QED) is 0.353. The summed E-state index contributed by atoms with van der Waals surface area (Å²) in [6.45, 7) is 7.25. The molecule has 1 aliphatic carbocycles. The number of aryl methyl sites for hydroxylation is 1. The molecule has 1 unspecified atom stereocenters. The summed E-state index contributed by atoms with van der Waals surface area (Å²) in [5, 5.41) is 6.84. The summed E-state index contributed by atoms with van der Waals surface area (Å²) in [6, 6.07) is 7.57. The summed E-state index contributed by atoms with van der Waals surface area (Å²) in [4.78, 5) is 6.80. The van der Waals surface area contributed by atoms with Gasteiger partial charge in [-0.1, -0.05) is 12.1 Å². The molecule has 0 aromatic heterocycles. The molecule has 27 heavy (non-hydrogen) atoms. The van der Waals surface area contributed by atoms with Gasteiger partial charge in [0.15, 0.2) is 5.96 Å². The van der Waals surface area contributed by atoms with E-state index in [4.69, 9.17) is 9.47 Å². The van der Waals surface area contributed by atoms with Gasteiger partial charge in [-0.25, -0.2) is 0 Å². The van der Waals surface area contributed by atoms with E-state index in [9.17, 15) is 0 Å². The third-order valence-electron chi connectivity index (χ3n) is 5.03. The number of nitrogens with zero attached hydrogens (tertiary/aromatic N) is 2. The molecule has 1 saturated carbocycles. The van der Waals surface area contributed by atoms with Crippen molar-refractivity contribution in [3.8, 4) is 5.75 Å². The average Bonchev–Trinajstić information content (AvgIpc) is 3.51. The van der Waals surface area contributed by atoms with E-state index in [1.165, 1.54) is 18.4 Å². The lowest BCUT2D eigenvalue weighted by atomic mass is 10.1. The Balaban J connectivity index is 1.83. The van der Waals surface area contributed by atoms with Crippen LogP contribution in [0.3, 0.4) is 0 Å². The molecule has 0 radical (unpaired) electrons. The molecule has 6 nitrogen and oxygen atoms in total. The average molecular weight is 377 g/mol. The van der Waals surface area contributed by atoms with Crippen molar-refractivity contribution in [3.05, 3.63) is 29.3 Å². The Morgan fingerprint density at radius 2 is 2.07 bits per heavy atom. The van der Waals surface area contributed by atoms with E-state index in [0.29, 0.717) is 25.8 Å². The lowest BCUT2D eigenvalue weighted by molar-refractivity contribution is 0.171. The largest absolute Gasteiger partial charge is 0.493 e. The van der Waals surface area contributed by atoms with Crippen LogP contribution in [0.25, 0.3) is 0 Å². The van der Waals surface area contributed by atoms with E-state index in [1.807, 2.05) is 7.05 Å². The van der Waals surface area contributed by atoms with Gasteiger partial charge in [-0.15, -0.1) is 0 Å². The Morgan fingerprint density at radius 3 is 2.74 bits per heavy atom. The highest BCUT2D eigenvalue weighted by molar-refractivity contribution is 5.79. The summed E-state index contributed by atoms with van der Waals surface area (Å²) in [5.41, 5.74) is 2.32. The molecule has 1 atom stereocenters. The first-order valence-electron chi connectivity index (χ1n) is 9.92. The Bertz CT molecular complexity index is 602. The van der Waals surface area contributed by atoms with Crippen LogP contribution in [-0.4, -0.2) is 63.9 Å². The normalized spacial score (nSPS) is 15.7. The second-order valence-electron chi connectivity index (χ2n) is 7.36. The van der Waals surface area contributed by atoms with Crippen LogP contribution in [0.1, 0.15) is 37.3 Å². The van der Waals surface area contributed by atoms with Crippen LogP contribution in [0.2, 0.25) is 0 Å². The molecular formula is C21H36N4O2. The summed E-state index contributed by atoms with van der Waals surface area (Å²) < 4.78 is 11.1. The standard InChI is InChI=1S/C21H36N4O2/c1-16-7-8-18(20(13-16)27-12-6-11-26-5)15-24-21(22-3)23-14-17(2)25(4)19-9-10-19/h7-8,13,17,19H,6,9-12,14-15H2,1-5H3,(H2,22,23,24). The zero-order valence-electron chi connectivity index (χ0n) is 17.5. The van der Waals surface area contributed by atoms with E-state index >= 15 is 0 Å². The molecule has 2 rings (SSSR count). The highest BCUT2D eigenvalue weighted by atomic mass is 16.5. The topological polar surface area (TPSA) is 58.1 Å².